The van der Waals surface area contributed by atoms with Gasteiger partial charge in [0.15, 0.2) is 0 Å². The second-order valence-electron chi connectivity index (χ2n) is 8.79. The summed E-state index contributed by atoms with van der Waals surface area (Å²) in [5.41, 5.74) is 1.95. The minimum absolute atomic E-state index is 0.0451. The van der Waals surface area contributed by atoms with Gasteiger partial charge in [-0.15, -0.1) is 0 Å². The van der Waals surface area contributed by atoms with E-state index in [0.717, 1.165) is 43.4 Å². The van der Waals surface area contributed by atoms with Crippen LogP contribution in [0.3, 0.4) is 0 Å². The Balaban J connectivity index is 1.26. The minimum atomic E-state index is -0.417. The molecule has 9 nitrogen and oxygen atoms in total. The Morgan fingerprint density at radius 2 is 2.00 bits per heavy atom. The van der Waals surface area contributed by atoms with E-state index >= 15 is 0 Å². The molecule has 1 aliphatic carbocycles. The smallest absolute Gasteiger partial charge is 0.329 e. The van der Waals surface area contributed by atoms with Gasteiger partial charge in [0.1, 0.15) is 17.3 Å². The molecule has 0 aromatic carbocycles. The van der Waals surface area contributed by atoms with Gasteiger partial charge in [0.05, 0.1) is 23.0 Å². The van der Waals surface area contributed by atoms with Gasteiger partial charge in [0.2, 0.25) is 5.91 Å². The molecule has 1 spiro atoms. The van der Waals surface area contributed by atoms with Crippen molar-refractivity contribution in [3.05, 3.63) is 48.5 Å². The molecule has 0 bridgehead atoms. The lowest BCUT2D eigenvalue weighted by Crippen LogP contribution is -2.40. The van der Waals surface area contributed by atoms with Crippen LogP contribution in [-0.4, -0.2) is 43.1 Å². The molecule has 170 valence electrons. The van der Waals surface area contributed by atoms with Crippen LogP contribution in [0, 0.1) is 12.3 Å². The van der Waals surface area contributed by atoms with Crippen molar-refractivity contribution < 1.29 is 14.3 Å². The Hall–Kier alpha value is -3.75. The number of aryl methyl sites for hydroxylation is 2. The first-order valence-corrected chi connectivity index (χ1v) is 11.2. The highest BCUT2D eigenvalue weighted by Crippen LogP contribution is 2.46. The van der Waals surface area contributed by atoms with Crippen molar-refractivity contribution in [2.24, 2.45) is 12.5 Å². The van der Waals surface area contributed by atoms with E-state index in [2.05, 4.69) is 20.4 Å². The molecule has 3 aromatic rings. The number of likely N-dealkylation sites (tertiary alicyclic amines) is 1. The van der Waals surface area contributed by atoms with Crippen LogP contribution in [0.4, 0.5) is 10.6 Å². The van der Waals surface area contributed by atoms with E-state index in [-0.39, 0.29) is 11.3 Å². The molecule has 1 aliphatic heterocycles. The number of ether oxygens (including phenoxy) is 1. The summed E-state index contributed by atoms with van der Waals surface area (Å²) in [7, 11) is 1.85. The van der Waals surface area contributed by atoms with Crippen LogP contribution in [0.25, 0.3) is 11.3 Å². The van der Waals surface area contributed by atoms with Gasteiger partial charge in [-0.25, -0.2) is 9.78 Å². The highest BCUT2D eigenvalue weighted by molar-refractivity contribution is 6.04. The van der Waals surface area contributed by atoms with Crippen LogP contribution in [0.1, 0.15) is 37.8 Å². The second-order valence-corrected chi connectivity index (χ2v) is 8.79. The van der Waals surface area contributed by atoms with E-state index in [1.54, 1.807) is 35.3 Å². The molecule has 2 fully saturated rings. The number of nitrogens with one attached hydrogen (secondary N) is 1. The molecule has 3 amide bonds. The third-order valence-corrected chi connectivity index (χ3v) is 6.55. The number of hydrogen-bond acceptors (Lipinski definition) is 6. The third-order valence-electron chi connectivity index (χ3n) is 6.55. The first-order chi connectivity index (χ1) is 15.9. The summed E-state index contributed by atoms with van der Waals surface area (Å²) in [6.45, 7) is 2.27. The van der Waals surface area contributed by atoms with Crippen molar-refractivity contribution >= 4 is 17.8 Å². The third kappa shape index (κ3) is 4.06. The number of urea groups is 1. The molecule has 0 unspecified atom stereocenters. The molecule has 3 aromatic heterocycles. The van der Waals surface area contributed by atoms with Crippen LogP contribution in [0.15, 0.2) is 42.9 Å². The molecule has 9 heteroatoms. The SMILES string of the molecule is Cc1nc(NC(=O)N2CCC3(CCCC3)C2=O)ccc1Oc1ccnc(-c2cnn(C)c2)c1. The Bertz CT molecular complexity index is 1210. The monoisotopic (exact) mass is 446 g/mol. The van der Waals surface area contributed by atoms with Gasteiger partial charge < -0.3 is 4.74 Å². The van der Waals surface area contributed by atoms with Crippen molar-refractivity contribution in [2.45, 2.75) is 39.0 Å². The summed E-state index contributed by atoms with van der Waals surface area (Å²) in [5, 5.41) is 6.94. The molecule has 1 saturated heterocycles. The van der Waals surface area contributed by atoms with Crippen molar-refractivity contribution in [3.8, 4) is 22.8 Å². The molecular weight excluding hydrogens is 420 g/mol. The highest BCUT2D eigenvalue weighted by Gasteiger charge is 2.49. The molecule has 1 N–H and O–H groups in total. The lowest BCUT2D eigenvalue weighted by atomic mass is 9.85. The molecule has 1 saturated carbocycles. The maximum atomic E-state index is 12.8. The number of anilines is 1. The lowest BCUT2D eigenvalue weighted by molar-refractivity contribution is -0.133. The number of rotatable bonds is 4. The maximum Gasteiger partial charge on any atom is 0.329 e. The van der Waals surface area contributed by atoms with E-state index < -0.39 is 6.03 Å². The van der Waals surface area contributed by atoms with Crippen LogP contribution < -0.4 is 10.1 Å². The number of imide groups is 1. The van der Waals surface area contributed by atoms with Crippen LogP contribution in [-0.2, 0) is 11.8 Å². The normalized spacial score (nSPS) is 17.0. The van der Waals surface area contributed by atoms with Crippen molar-refractivity contribution in [1.29, 1.82) is 0 Å². The zero-order valence-corrected chi connectivity index (χ0v) is 18.7. The van der Waals surface area contributed by atoms with Gasteiger partial charge in [-0.3, -0.25) is 24.7 Å². The average Bonchev–Trinajstić information content (AvgIpc) is 3.53. The van der Waals surface area contributed by atoms with E-state index in [0.29, 0.717) is 29.6 Å². The largest absolute Gasteiger partial charge is 0.455 e. The molecule has 4 heterocycles. The molecule has 0 atom stereocenters. The van der Waals surface area contributed by atoms with Crippen LogP contribution in [0.5, 0.6) is 11.5 Å². The van der Waals surface area contributed by atoms with Gasteiger partial charge in [-0.1, -0.05) is 12.8 Å². The van der Waals surface area contributed by atoms with Gasteiger partial charge in [-0.2, -0.15) is 5.10 Å². The topological polar surface area (TPSA) is 102 Å². The fraction of sp³-hybridized carbons (Fsp3) is 0.375. The predicted octanol–water partition coefficient (Wildman–Crippen LogP) is 4.30. The second kappa shape index (κ2) is 8.31. The fourth-order valence-electron chi connectivity index (χ4n) is 4.75. The zero-order valence-electron chi connectivity index (χ0n) is 18.7. The van der Waals surface area contributed by atoms with E-state index in [9.17, 15) is 9.59 Å². The summed E-state index contributed by atoms with van der Waals surface area (Å²) < 4.78 is 7.73. The lowest BCUT2D eigenvalue weighted by Gasteiger charge is -2.21. The van der Waals surface area contributed by atoms with Crippen molar-refractivity contribution in [3.63, 3.8) is 0 Å². The molecule has 2 aliphatic rings. The molecule has 5 rings (SSSR count). The fourth-order valence-corrected chi connectivity index (χ4v) is 4.75. The quantitative estimate of drug-likeness (QED) is 0.641. The summed E-state index contributed by atoms with van der Waals surface area (Å²) in [5.74, 6) is 1.53. The number of hydrogen-bond donors (Lipinski definition) is 1. The molecule has 33 heavy (non-hydrogen) atoms. The number of pyridine rings is 2. The first-order valence-electron chi connectivity index (χ1n) is 11.2. The van der Waals surface area contributed by atoms with Crippen LogP contribution >= 0.6 is 0 Å². The summed E-state index contributed by atoms with van der Waals surface area (Å²) in [6.07, 6.45) is 9.96. The summed E-state index contributed by atoms with van der Waals surface area (Å²) in [6, 6.07) is 6.62. The van der Waals surface area contributed by atoms with Gasteiger partial charge in [-0.05, 0) is 44.4 Å². The summed E-state index contributed by atoms with van der Waals surface area (Å²) in [4.78, 5) is 35.7. The van der Waals surface area contributed by atoms with Gasteiger partial charge >= 0.3 is 6.03 Å². The number of carbonyl (C=O) groups is 2. The minimum Gasteiger partial charge on any atom is -0.455 e. The molecule has 0 radical (unpaired) electrons. The number of amides is 3. The van der Waals surface area contributed by atoms with Crippen molar-refractivity contribution in [2.75, 3.05) is 11.9 Å². The van der Waals surface area contributed by atoms with Crippen LogP contribution in [0.2, 0.25) is 0 Å². The highest BCUT2D eigenvalue weighted by atomic mass is 16.5. The van der Waals surface area contributed by atoms with E-state index in [1.165, 1.54) is 4.90 Å². The van der Waals surface area contributed by atoms with E-state index in [1.807, 2.05) is 26.2 Å². The first kappa shape index (κ1) is 21.1. The molecular formula is C24H26N6O3. The zero-order chi connectivity index (χ0) is 23.0. The standard InChI is InChI=1S/C24H26N6O3/c1-16-20(33-18-7-11-25-19(13-18)17-14-26-29(2)15-17)5-6-21(27-16)28-23(32)30-12-10-24(22(30)31)8-3-4-9-24/h5-7,11,13-15H,3-4,8-10,12H2,1-2H3,(H,27,28,32). The van der Waals surface area contributed by atoms with Gasteiger partial charge in [0, 0.05) is 37.6 Å². The number of carbonyl (C=O) groups excluding carboxylic acids is 2. The Labute approximate surface area is 191 Å². The predicted molar refractivity (Wildman–Crippen MR) is 122 cm³/mol. The summed E-state index contributed by atoms with van der Waals surface area (Å²) >= 11 is 0. The Morgan fingerprint density at radius 1 is 1.18 bits per heavy atom. The Morgan fingerprint density at radius 3 is 2.73 bits per heavy atom. The van der Waals surface area contributed by atoms with Crippen molar-refractivity contribution in [1.82, 2.24) is 24.6 Å². The average molecular weight is 447 g/mol. The Kier molecular flexibility index (Phi) is 5.32. The van der Waals surface area contributed by atoms with Gasteiger partial charge in [0.25, 0.3) is 0 Å². The maximum absolute atomic E-state index is 12.8. The number of aromatic nitrogens is 4. The number of nitrogens with zero attached hydrogens (tertiary/aromatic N) is 5. The van der Waals surface area contributed by atoms with E-state index in [4.69, 9.17) is 4.74 Å².